The molecule has 0 radical (unpaired) electrons. The van der Waals surface area contributed by atoms with E-state index in [1.54, 1.807) is 12.1 Å². The topological polar surface area (TPSA) is 67.6 Å². The third-order valence-corrected chi connectivity index (χ3v) is 9.82. The molecule has 0 bridgehead atoms. The number of nitrogens with zero attached hydrogens (tertiary/aromatic N) is 3. The molecule has 5 rings (SSSR count). The van der Waals surface area contributed by atoms with Crippen molar-refractivity contribution in [1.29, 1.82) is 5.26 Å². The summed E-state index contributed by atoms with van der Waals surface area (Å²) in [7, 11) is 0. The maximum absolute atomic E-state index is 14.2. The molecule has 3 aliphatic rings. The van der Waals surface area contributed by atoms with Crippen molar-refractivity contribution in [3.05, 3.63) is 71.0 Å². The molecule has 2 aliphatic heterocycles. The highest BCUT2D eigenvalue weighted by molar-refractivity contribution is 5.74. The van der Waals surface area contributed by atoms with Crippen LogP contribution in [0, 0.1) is 34.9 Å². The van der Waals surface area contributed by atoms with Gasteiger partial charge in [0.05, 0.1) is 11.6 Å². The van der Waals surface area contributed by atoms with Crippen molar-refractivity contribution in [2.45, 2.75) is 76.2 Å². The molecule has 0 aromatic heterocycles. The summed E-state index contributed by atoms with van der Waals surface area (Å²) >= 11 is 0. The van der Waals surface area contributed by atoms with Crippen LogP contribution in [-0.2, 0) is 11.2 Å². The Morgan fingerprint density at radius 2 is 1.80 bits per heavy atom. The molecule has 3 fully saturated rings. The van der Waals surface area contributed by atoms with E-state index in [0.717, 1.165) is 81.7 Å². The van der Waals surface area contributed by atoms with Crippen LogP contribution in [0.3, 0.4) is 0 Å². The Balaban J connectivity index is 1.18. The summed E-state index contributed by atoms with van der Waals surface area (Å²) in [6, 6.07) is 16.7. The fourth-order valence-electron chi connectivity index (χ4n) is 7.72. The zero-order valence-corrected chi connectivity index (χ0v) is 23.7. The molecular formula is C34H44FN3O2. The van der Waals surface area contributed by atoms with Crippen LogP contribution in [0.4, 0.5) is 4.39 Å². The van der Waals surface area contributed by atoms with Gasteiger partial charge in [-0.05, 0) is 105 Å². The molecule has 3 atom stereocenters. The molecular weight excluding hydrogens is 501 g/mol. The molecule has 1 saturated carbocycles. The molecule has 1 aliphatic carbocycles. The lowest BCUT2D eigenvalue weighted by molar-refractivity contribution is -0.145. The predicted molar refractivity (Wildman–Crippen MR) is 155 cm³/mol. The van der Waals surface area contributed by atoms with Crippen LogP contribution in [0.5, 0.6) is 0 Å². The average molecular weight is 546 g/mol. The van der Waals surface area contributed by atoms with E-state index in [9.17, 15) is 14.3 Å². The number of carboxylic acid groups (broad SMARTS) is 1. The van der Waals surface area contributed by atoms with Crippen molar-refractivity contribution in [2.75, 3.05) is 32.7 Å². The number of hydrogen-bond donors (Lipinski definition) is 1. The largest absolute Gasteiger partial charge is 0.480 e. The first-order valence-corrected chi connectivity index (χ1v) is 15.4. The Kier molecular flexibility index (Phi) is 9.88. The first-order chi connectivity index (χ1) is 19.5. The van der Waals surface area contributed by atoms with Crippen LogP contribution < -0.4 is 0 Å². The van der Waals surface area contributed by atoms with E-state index in [1.807, 2.05) is 24.3 Å². The van der Waals surface area contributed by atoms with Gasteiger partial charge in [0.25, 0.3) is 0 Å². The van der Waals surface area contributed by atoms with E-state index >= 15 is 0 Å². The Morgan fingerprint density at radius 3 is 2.52 bits per heavy atom. The first-order valence-electron chi connectivity index (χ1n) is 15.4. The highest BCUT2D eigenvalue weighted by atomic mass is 19.1. The molecule has 2 heterocycles. The molecule has 0 amide bonds. The van der Waals surface area contributed by atoms with Crippen LogP contribution in [-0.4, -0.2) is 59.6 Å². The number of carboxylic acids is 1. The summed E-state index contributed by atoms with van der Waals surface area (Å²) < 4.78 is 14.2. The van der Waals surface area contributed by atoms with Crippen LogP contribution in [0.2, 0.25) is 0 Å². The molecule has 6 heteroatoms. The van der Waals surface area contributed by atoms with E-state index in [1.165, 1.54) is 37.3 Å². The maximum Gasteiger partial charge on any atom is 0.321 e. The van der Waals surface area contributed by atoms with Gasteiger partial charge < -0.3 is 10.0 Å². The fourth-order valence-corrected chi connectivity index (χ4v) is 7.72. The normalized spacial score (nSPS) is 24.1. The lowest BCUT2D eigenvalue weighted by Crippen LogP contribution is -2.46. The number of rotatable bonds is 10. The third kappa shape index (κ3) is 7.30. The van der Waals surface area contributed by atoms with Crippen molar-refractivity contribution < 1.29 is 14.3 Å². The van der Waals surface area contributed by atoms with Gasteiger partial charge in [-0.15, -0.1) is 0 Å². The number of benzene rings is 2. The Bertz CT molecular complexity index is 1170. The minimum atomic E-state index is -0.689. The SMILES string of the molecule is N#Cc1cccc(CCCC2CCN(C[C@H]3CN([C@@H](C(=O)O)C4CCCCC4)C[C@@H]3c3cccc(F)c3)CC2)c1. The molecule has 5 nitrogen and oxygen atoms in total. The minimum Gasteiger partial charge on any atom is -0.480 e. The number of hydrogen-bond acceptors (Lipinski definition) is 4. The maximum atomic E-state index is 14.2. The van der Waals surface area contributed by atoms with Crippen LogP contribution in [0.15, 0.2) is 48.5 Å². The number of aryl methyl sites for hydroxylation is 1. The van der Waals surface area contributed by atoms with Crippen LogP contribution in [0.25, 0.3) is 0 Å². The average Bonchev–Trinajstić information content (AvgIpc) is 3.37. The minimum absolute atomic E-state index is 0.156. The van der Waals surface area contributed by atoms with Gasteiger partial charge in [0.1, 0.15) is 11.9 Å². The highest BCUT2D eigenvalue weighted by Gasteiger charge is 2.43. The van der Waals surface area contributed by atoms with Crippen molar-refractivity contribution in [3.8, 4) is 6.07 Å². The van der Waals surface area contributed by atoms with E-state index in [4.69, 9.17) is 5.26 Å². The van der Waals surface area contributed by atoms with E-state index in [-0.39, 0.29) is 17.7 Å². The monoisotopic (exact) mass is 545 g/mol. The number of carbonyl (C=O) groups is 1. The third-order valence-electron chi connectivity index (χ3n) is 9.82. The van der Waals surface area contributed by atoms with Crippen molar-refractivity contribution >= 4 is 5.97 Å². The number of piperidine rings is 1. The molecule has 2 saturated heterocycles. The van der Waals surface area contributed by atoms with Gasteiger partial charge in [0.15, 0.2) is 0 Å². The van der Waals surface area contributed by atoms with Gasteiger partial charge in [-0.2, -0.15) is 5.26 Å². The molecule has 214 valence electrons. The fraction of sp³-hybridized carbons (Fsp3) is 0.588. The van der Waals surface area contributed by atoms with Gasteiger partial charge in [0, 0.05) is 25.6 Å². The molecule has 0 spiro atoms. The van der Waals surface area contributed by atoms with Crippen LogP contribution >= 0.6 is 0 Å². The van der Waals surface area contributed by atoms with Crippen molar-refractivity contribution in [2.24, 2.45) is 17.8 Å². The van der Waals surface area contributed by atoms with E-state index in [0.29, 0.717) is 12.5 Å². The summed E-state index contributed by atoms with van der Waals surface area (Å²) in [5.74, 6) is 0.510. The Labute approximate surface area is 239 Å². The lowest BCUT2D eigenvalue weighted by atomic mass is 9.83. The standard InChI is InChI=1S/C34H44FN3O2/c35-31-14-6-13-29(20-31)32-24-38(33(34(39)40)28-11-2-1-3-12-28)23-30(32)22-37-17-15-25(16-18-37)7-4-8-26-9-5-10-27(19-26)21-36/h5-6,9-10,13-14,19-20,25,28,30,32-33H,1-4,7-8,11-12,15-18,22-24H2,(H,39,40)/t30-,32+,33+/m0/s1. The van der Waals surface area contributed by atoms with Gasteiger partial charge >= 0.3 is 5.97 Å². The lowest BCUT2D eigenvalue weighted by Gasteiger charge is -2.35. The smallest absolute Gasteiger partial charge is 0.321 e. The summed E-state index contributed by atoms with van der Waals surface area (Å²) in [5, 5.41) is 19.4. The number of halogens is 1. The van der Waals surface area contributed by atoms with Gasteiger partial charge in [-0.25, -0.2) is 4.39 Å². The number of nitriles is 1. The molecule has 1 N–H and O–H groups in total. The summed E-state index contributed by atoms with van der Waals surface area (Å²) in [6.45, 7) is 4.57. The van der Waals surface area contributed by atoms with Crippen LogP contribution in [0.1, 0.15) is 80.4 Å². The second-order valence-electron chi connectivity index (χ2n) is 12.5. The summed E-state index contributed by atoms with van der Waals surface area (Å²) in [5.41, 5.74) is 3.00. The summed E-state index contributed by atoms with van der Waals surface area (Å²) in [6.07, 6.45) is 11.2. The molecule has 2 aromatic rings. The van der Waals surface area contributed by atoms with Gasteiger partial charge in [-0.3, -0.25) is 9.69 Å². The zero-order chi connectivity index (χ0) is 27.9. The van der Waals surface area contributed by atoms with Crippen molar-refractivity contribution in [3.63, 3.8) is 0 Å². The summed E-state index contributed by atoms with van der Waals surface area (Å²) in [4.78, 5) is 17.3. The van der Waals surface area contributed by atoms with E-state index < -0.39 is 12.0 Å². The Morgan fingerprint density at radius 1 is 1.02 bits per heavy atom. The second-order valence-corrected chi connectivity index (χ2v) is 12.5. The highest BCUT2D eigenvalue weighted by Crippen LogP contribution is 2.39. The Hall–Kier alpha value is -2.75. The predicted octanol–water partition coefficient (Wildman–Crippen LogP) is 6.48. The van der Waals surface area contributed by atoms with Crippen molar-refractivity contribution in [1.82, 2.24) is 9.80 Å². The zero-order valence-electron chi connectivity index (χ0n) is 23.7. The van der Waals surface area contributed by atoms with Gasteiger partial charge in [-0.1, -0.05) is 49.9 Å². The van der Waals surface area contributed by atoms with E-state index in [2.05, 4.69) is 21.9 Å². The number of likely N-dealkylation sites (tertiary alicyclic amines) is 2. The number of aliphatic carboxylic acids is 1. The quantitative estimate of drug-likeness (QED) is 0.370. The molecule has 40 heavy (non-hydrogen) atoms. The molecule has 0 unspecified atom stereocenters. The first kappa shape index (κ1) is 28.8. The van der Waals surface area contributed by atoms with Gasteiger partial charge in [0.2, 0.25) is 0 Å². The molecule has 2 aromatic carbocycles. The second kappa shape index (κ2) is 13.7.